The smallest absolute Gasteiger partial charge is 0.213 e. The van der Waals surface area contributed by atoms with E-state index in [1.54, 1.807) is 31.4 Å². The van der Waals surface area contributed by atoms with Gasteiger partial charge in [-0.05, 0) is 48.4 Å². The summed E-state index contributed by atoms with van der Waals surface area (Å²) in [5.74, 6) is -0.190. The van der Waals surface area contributed by atoms with Gasteiger partial charge in [0.25, 0.3) is 0 Å². The molecule has 5 heterocycles. The van der Waals surface area contributed by atoms with Crippen LogP contribution >= 0.6 is 0 Å². The molecule has 4 aromatic heterocycles. The Labute approximate surface area is 242 Å². The molecule has 1 saturated heterocycles. The first kappa shape index (κ1) is 27.8. The molecule has 6 rings (SSSR count). The molecule has 1 fully saturated rings. The Hall–Kier alpha value is -4.32. The zero-order valence-corrected chi connectivity index (χ0v) is 23.7. The molecular formula is C31H31FN6O4. The number of methoxy groups -OCH3 is 1. The number of Topliss-reactive ketones (excluding diaryl/α,β-unsaturated/α-hetero) is 1. The molecule has 0 amide bonds. The summed E-state index contributed by atoms with van der Waals surface area (Å²) in [7, 11) is 1.62. The van der Waals surface area contributed by atoms with Crippen molar-refractivity contribution in [2.45, 2.75) is 32.8 Å². The van der Waals surface area contributed by atoms with E-state index >= 15 is 0 Å². The number of ether oxygens (including phenoxy) is 1. The summed E-state index contributed by atoms with van der Waals surface area (Å²) in [6.45, 7) is 5.28. The highest BCUT2D eigenvalue weighted by Gasteiger charge is 2.37. The highest BCUT2D eigenvalue weighted by atomic mass is 19.1. The van der Waals surface area contributed by atoms with Crippen molar-refractivity contribution in [3.8, 4) is 16.9 Å². The molecule has 1 aliphatic heterocycles. The molecule has 2 atom stereocenters. The van der Waals surface area contributed by atoms with Gasteiger partial charge in [0.2, 0.25) is 5.95 Å². The van der Waals surface area contributed by atoms with Crippen LogP contribution in [0.4, 0.5) is 4.39 Å². The Balaban J connectivity index is 1.30. The lowest BCUT2D eigenvalue weighted by atomic mass is 9.91. The van der Waals surface area contributed by atoms with E-state index in [9.17, 15) is 9.18 Å². The lowest BCUT2D eigenvalue weighted by Crippen LogP contribution is -2.24. The molecule has 0 bridgehead atoms. The zero-order chi connectivity index (χ0) is 29.2. The van der Waals surface area contributed by atoms with E-state index in [-0.39, 0.29) is 24.5 Å². The lowest BCUT2D eigenvalue weighted by Gasteiger charge is -2.17. The van der Waals surface area contributed by atoms with Crippen molar-refractivity contribution in [1.29, 1.82) is 0 Å². The van der Waals surface area contributed by atoms with Crippen molar-refractivity contribution in [2.75, 3.05) is 26.8 Å². The molecule has 216 valence electrons. The van der Waals surface area contributed by atoms with Gasteiger partial charge in [-0.1, -0.05) is 18.2 Å². The van der Waals surface area contributed by atoms with Gasteiger partial charge in [-0.3, -0.25) is 9.63 Å². The number of aromatic nitrogens is 5. The Morgan fingerprint density at radius 2 is 1.98 bits per heavy atom. The van der Waals surface area contributed by atoms with Gasteiger partial charge in [-0.2, -0.15) is 19.5 Å². The van der Waals surface area contributed by atoms with Crippen molar-refractivity contribution in [3.05, 3.63) is 89.6 Å². The number of nitrogens with zero attached hydrogens (tertiary/aromatic N) is 6. The molecule has 0 spiro atoms. The molecule has 5 aromatic rings. The normalized spacial score (nSPS) is 17.3. The standard InChI is InChI=1S/C31H31FN6O4/c1-19-26(16-25(39)13-23-18-37(11-12-40-3)42-30(23)21-9-10-33-28(32)15-21)38(24-7-5-4-6-8-24)36-29(19)22-14-27-31(34-17-22)35-20(2)41-27/h4-10,14-15,17,23,30H,11-13,16,18H2,1-3H3/t23-,30+/m1/s1. The summed E-state index contributed by atoms with van der Waals surface area (Å²) in [6.07, 6.45) is 3.08. The van der Waals surface area contributed by atoms with Crippen LogP contribution < -0.4 is 0 Å². The second-order valence-electron chi connectivity index (χ2n) is 10.4. The Morgan fingerprint density at radius 3 is 2.76 bits per heavy atom. The lowest BCUT2D eigenvalue weighted by molar-refractivity contribution is -0.155. The van der Waals surface area contributed by atoms with E-state index in [1.807, 2.05) is 48.0 Å². The fraction of sp³-hybridized carbons (Fsp3) is 0.323. The Kier molecular flexibility index (Phi) is 7.88. The Morgan fingerprint density at radius 1 is 1.14 bits per heavy atom. The van der Waals surface area contributed by atoms with Crippen LogP contribution in [0, 0.1) is 25.7 Å². The molecule has 1 aromatic carbocycles. The summed E-state index contributed by atoms with van der Waals surface area (Å²) >= 11 is 0. The number of aryl methyl sites for hydroxylation is 1. The number of hydrogen-bond acceptors (Lipinski definition) is 9. The van der Waals surface area contributed by atoms with Crippen LogP contribution in [-0.4, -0.2) is 62.4 Å². The van der Waals surface area contributed by atoms with Crippen LogP contribution in [0.2, 0.25) is 0 Å². The number of ketones is 1. The highest BCUT2D eigenvalue weighted by molar-refractivity contribution is 5.83. The third-order valence-corrected chi connectivity index (χ3v) is 7.48. The van der Waals surface area contributed by atoms with Crippen LogP contribution in [0.3, 0.4) is 0 Å². The fourth-order valence-corrected chi connectivity index (χ4v) is 5.49. The maximum Gasteiger partial charge on any atom is 0.213 e. The minimum atomic E-state index is -0.584. The third-order valence-electron chi connectivity index (χ3n) is 7.48. The first-order valence-corrected chi connectivity index (χ1v) is 13.8. The predicted molar refractivity (Wildman–Crippen MR) is 152 cm³/mol. The highest BCUT2D eigenvalue weighted by Crippen LogP contribution is 2.37. The molecule has 11 heteroatoms. The summed E-state index contributed by atoms with van der Waals surface area (Å²) in [4.78, 5) is 32.3. The second kappa shape index (κ2) is 11.9. The number of pyridine rings is 2. The van der Waals surface area contributed by atoms with Gasteiger partial charge in [0, 0.05) is 63.8 Å². The van der Waals surface area contributed by atoms with Crippen molar-refractivity contribution < 1.29 is 23.2 Å². The number of halogens is 1. The number of rotatable bonds is 10. The molecule has 10 nitrogen and oxygen atoms in total. The number of hydroxylamine groups is 2. The molecule has 0 radical (unpaired) electrons. The topological polar surface area (TPSA) is 108 Å². The van der Waals surface area contributed by atoms with Gasteiger partial charge >= 0.3 is 0 Å². The number of carbonyl (C=O) groups is 1. The average molecular weight is 571 g/mol. The summed E-state index contributed by atoms with van der Waals surface area (Å²) in [5, 5.41) is 6.72. The van der Waals surface area contributed by atoms with Gasteiger partial charge in [-0.15, -0.1) is 0 Å². The molecule has 0 N–H and O–H groups in total. The molecular weight excluding hydrogens is 539 g/mol. The van der Waals surface area contributed by atoms with E-state index in [1.165, 1.54) is 12.3 Å². The second-order valence-corrected chi connectivity index (χ2v) is 10.4. The average Bonchev–Trinajstić information content (AvgIpc) is 3.66. The Bertz CT molecular complexity index is 1720. The SMILES string of the molecule is COCCN1C[C@@H](CC(=O)Cc2c(C)c(-c3cnc4nc(C)oc4c3)nn2-c2ccccc2)[C@H](c2ccnc(F)c2)O1. The number of carbonyl (C=O) groups excluding carboxylic acids is 1. The van der Waals surface area contributed by atoms with Gasteiger partial charge in [0.1, 0.15) is 11.9 Å². The van der Waals surface area contributed by atoms with Crippen molar-refractivity contribution in [1.82, 2.24) is 29.8 Å². The van der Waals surface area contributed by atoms with E-state index in [0.717, 1.165) is 22.5 Å². The van der Waals surface area contributed by atoms with E-state index in [0.29, 0.717) is 48.1 Å². The maximum atomic E-state index is 14.0. The number of para-hydroxylation sites is 1. The molecule has 0 unspecified atom stereocenters. The minimum Gasteiger partial charge on any atom is -0.439 e. The largest absolute Gasteiger partial charge is 0.439 e. The molecule has 0 saturated carbocycles. The van der Waals surface area contributed by atoms with E-state index in [4.69, 9.17) is 19.1 Å². The van der Waals surface area contributed by atoms with Gasteiger partial charge in [-0.25, -0.2) is 14.6 Å². The van der Waals surface area contributed by atoms with Crippen LogP contribution in [0.25, 0.3) is 28.2 Å². The monoisotopic (exact) mass is 570 g/mol. The first-order valence-electron chi connectivity index (χ1n) is 13.8. The van der Waals surface area contributed by atoms with Gasteiger partial charge in [0.15, 0.2) is 17.1 Å². The van der Waals surface area contributed by atoms with Crippen LogP contribution in [0.1, 0.15) is 35.2 Å². The predicted octanol–water partition coefficient (Wildman–Crippen LogP) is 4.98. The van der Waals surface area contributed by atoms with Gasteiger partial charge in [0.05, 0.1) is 23.7 Å². The summed E-state index contributed by atoms with van der Waals surface area (Å²) < 4.78 is 26.7. The molecule has 42 heavy (non-hydrogen) atoms. The first-order chi connectivity index (χ1) is 20.4. The molecule has 0 aliphatic carbocycles. The summed E-state index contributed by atoms with van der Waals surface area (Å²) in [5.41, 5.74) is 5.77. The maximum absolute atomic E-state index is 14.0. The van der Waals surface area contributed by atoms with Gasteiger partial charge < -0.3 is 9.15 Å². The van der Waals surface area contributed by atoms with E-state index in [2.05, 4.69) is 15.0 Å². The van der Waals surface area contributed by atoms with Crippen LogP contribution in [-0.2, 0) is 20.8 Å². The van der Waals surface area contributed by atoms with E-state index < -0.39 is 12.1 Å². The van der Waals surface area contributed by atoms with Crippen molar-refractivity contribution in [3.63, 3.8) is 0 Å². The summed E-state index contributed by atoms with van der Waals surface area (Å²) in [6, 6.07) is 14.7. The number of oxazole rings is 1. The minimum absolute atomic E-state index is 0.0305. The number of hydrogen-bond donors (Lipinski definition) is 0. The number of fused-ring (bicyclic) bond motifs is 1. The fourth-order valence-electron chi connectivity index (χ4n) is 5.49. The number of benzene rings is 1. The van der Waals surface area contributed by atoms with Crippen molar-refractivity contribution in [2.24, 2.45) is 5.92 Å². The third kappa shape index (κ3) is 5.71. The van der Waals surface area contributed by atoms with Crippen molar-refractivity contribution >= 4 is 17.0 Å². The van der Waals surface area contributed by atoms with Crippen LogP contribution in [0.5, 0.6) is 0 Å². The zero-order valence-electron chi connectivity index (χ0n) is 23.7. The van der Waals surface area contributed by atoms with Crippen LogP contribution in [0.15, 0.2) is 65.3 Å². The molecule has 1 aliphatic rings. The quantitative estimate of drug-likeness (QED) is 0.215.